The summed E-state index contributed by atoms with van der Waals surface area (Å²) in [5, 5.41) is 0.0648. The second kappa shape index (κ2) is 7.80. The minimum atomic E-state index is -0.136. The van der Waals surface area contributed by atoms with E-state index in [0.29, 0.717) is 5.92 Å². The highest BCUT2D eigenvalue weighted by atomic mass is 32.2. The molecule has 0 saturated heterocycles. The van der Waals surface area contributed by atoms with E-state index >= 15 is 0 Å². The second-order valence-corrected chi connectivity index (χ2v) is 6.32. The lowest BCUT2D eigenvalue weighted by molar-refractivity contribution is 0.571. The maximum absolute atomic E-state index is 13.9. The molecule has 0 bridgehead atoms. The van der Waals surface area contributed by atoms with Crippen LogP contribution in [0.25, 0.3) is 0 Å². The molecule has 0 fully saturated rings. The molecule has 0 aliphatic heterocycles. The lowest BCUT2D eigenvalue weighted by atomic mass is 10.0. The average molecular weight is 269 g/mol. The van der Waals surface area contributed by atoms with Gasteiger partial charge in [-0.25, -0.2) is 4.39 Å². The fraction of sp³-hybridized carbons (Fsp3) is 0.600. The van der Waals surface area contributed by atoms with Crippen molar-refractivity contribution in [3.05, 3.63) is 35.6 Å². The van der Waals surface area contributed by atoms with Gasteiger partial charge in [0.05, 0.1) is 0 Å². The van der Waals surface area contributed by atoms with Crippen molar-refractivity contribution >= 4 is 11.8 Å². The van der Waals surface area contributed by atoms with Gasteiger partial charge in [0.1, 0.15) is 5.82 Å². The third-order valence-corrected chi connectivity index (χ3v) is 4.50. The minimum Gasteiger partial charge on any atom is -0.326 e. The Morgan fingerprint density at radius 3 is 2.50 bits per heavy atom. The van der Waals surface area contributed by atoms with Gasteiger partial charge in [0.25, 0.3) is 0 Å². The molecule has 0 heterocycles. The molecule has 0 saturated carbocycles. The zero-order valence-electron chi connectivity index (χ0n) is 11.5. The van der Waals surface area contributed by atoms with E-state index in [1.165, 1.54) is 6.07 Å². The maximum Gasteiger partial charge on any atom is 0.127 e. The Hall–Kier alpha value is -0.540. The molecular formula is C15H24FNS. The van der Waals surface area contributed by atoms with E-state index in [-0.39, 0.29) is 17.1 Å². The molecule has 0 aliphatic rings. The van der Waals surface area contributed by atoms with E-state index in [4.69, 9.17) is 5.73 Å². The number of halogens is 1. The van der Waals surface area contributed by atoms with Crippen LogP contribution in [-0.2, 0) is 0 Å². The van der Waals surface area contributed by atoms with Crippen molar-refractivity contribution in [2.75, 3.05) is 5.75 Å². The number of thioether (sulfide) groups is 1. The summed E-state index contributed by atoms with van der Waals surface area (Å²) in [6, 6.07) is 7.01. The molecule has 2 N–H and O–H groups in total. The molecule has 1 aromatic carbocycles. The molecule has 1 rings (SSSR count). The van der Waals surface area contributed by atoms with Crippen LogP contribution in [0.5, 0.6) is 0 Å². The number of benzene rings is 1. The highest BCUT2D eigenvalue weighted by molar-refractivity contribution is 7.99. The van der Waals surface area contributed by atoms with Crippen LogP contribution in [0.2, 0.25) is 0 Å². The highest BCUT2D eigenvalue weighted by Gasteiger charge is 2.21. The van der Waals surface area contributed by atoms with Crippen LogP contribution in [-0.4, -0.2) is 11.8 Å². The van der Waals surface area contributed by atoms with E-state index in [9.17, 15) is 4.39 Å². The summed E-state index contributed by atoms with van der Waals surface area (Å²) in [5.41, 5.74) is 6.90. The number of hydrogen-bond donors (Lipinski definition) is 1. The van der Waals surface area contributed by atoms with E-state index in [1.54, 1.807) is 17.8 Å². The van der Waals surface area contributed by atoms with Crippen molar-refractivity contribution in [3.63, 3.8) is 0 Å². The molecule has 2 unspecified atom stereocenters. The lowest BCUT2D eigenvalue weighted by Gasteiger charge is -2.23. The van der Waals surface area contributed by atoms with Crippen molar-refractivity contribution < 1.29 is 4.39 Å². The van der Waals surface area contributed by atoms with E-state index in [1.807, 2.05) is 12.1 Å². The van der Waals surface area contributed by atoms with Crippen molar-refractivity contribution in [1.82, 2.24) is 0 Å². The van der Waals surface area contributed by atoms with E-state index in [2.05, 4.69) is 20.8 Å². The largest absolute Gasteiger partial charge is 0.326 e. The number of hydrogen-bond acceptors (Lipinski definition) is 2. The Bertz CT molecular complexity index is 354. The Morgan fingerprint density at radius 1 is 1.28 bits per heavy atom. The van der Waals surface area contributed by atoms with Crippen LogP contribution in [0.15, 0.2) is 24.3 Å². The van der Waals surface area contributed by atoms with Crippen molar-refractivity contribution in [2.24, 2.45) is 11.7 Å². The summed E-state index contributed by atoms with van der Waals surface area (Å²) in [5.74, 6) is 1.57. The molecule has 0 radical (unpaired) electrons. The molecule has 0 aliphatic carbocycles. The fourth-order valence-electron chi connectivity index (χ4n) is 1.79. The van der Waals surface area contributed by atoms with Crippen LogP contribution in [0.3, 0.4) is 0 Å². The molecule has 0 spiro atoms. The molecule has 2 atom stereocenters. The normalized spacial score (nSPS) is 14.8. The molecule has 0 aromatic heterocycles. The number of nitrogens with two attached hydrogens (primary N) is 1. The van der Waals surface area contributed by atoms with Gasteiger partial charge in [0.15, 0.2) is 0 Å². The van der Waals surface area contributed by atoms with Crippen LogP contribution in [0.1, 0.15) is 44.4 Å². The Balaban J connectivity index is 2.75. The summed E-state index contributed by atoms with van der Waals surface area (Å²) < 4.78 is 13.9. The third kappa shape index (κ3) is 4.62. The first-order chi connectivity index (χ1) is 8.56. The van der Waals surface area contributed by atoms with Gasteiger partial charge in [-0.2, -0.15) is 11.8 Å². The van der Waals surface area contributed by atoms with Crippen LogP contribution >= 0.6 is 11.8 Å². The standard InChI is InChI=1S/C15H24FNS/c1-4-14(17)15(18-10-9-11(2)3)12-7-5-6-8-13(12)16/h5-8,11,14-15H,4,9-10,17H2,1-3H3. The first-order valence-corrected chi connectivity index (χ1v) is 7.72. The fourth-order valence-corrected chi connectivity index (χ4v) is 3.47. The van der Waals surface area contributed by atoms with E-state index in [0.717, 1.165) is 24.2 Å². The van der Waals surface area contributed by atoms with Gasteiger partial charge < -0.3 is 5.73 Å². The summed E-state index contributed by atoms with van der Waals surface area (Å²) >= 11 is 1.78. The zero-order chi connectivity index (χ0) is 13.5. The zero-order valence-corrected chi connectivity index (χ0v) is 12.3. The highest BCUT2D eigenvalue weighted by Crippen LogP contribution is 2.34. The van der Waals surface area contributed by atoms with Crippen LogP contribution in [0, 0.1) is 11.7 Å². The number of rotatable bonds is 7. The second-order valence-electron chi connectivity index (χ2n) is 5.07. The Kier molecular flexibility index (Phi) is 6.72. The van der Waals surface area contributed by atoms with Crippen molar-refractivity contribution in [2.45, 2.75) is 44.9 Å². The quantitative estimate of drug-likeness (QED) is 0.794. The van der Waals surface area contributed by atoms with Gasteiger partial charge in [-0.3, -0.25) is 0 Å². The van der Waals surface area contributed by atoms with Gasteiger partial charge in [-0.1, -0.05) is 39.0 Å². The topological polar surface area (TPSA) is 26.0 Å². The third-order valence-electron chi connectivity index (χ3n) is 3.06. The molecule has 18 heavy (non-hydrogen) atoms. The molecular weight excluding hydrogens is 245 g/mol. The molecule has 0 amide bonds. The monoisotopic (exact) mass is 269 g/mol. The van der Waals surface area contributed by atoms with Gasteiger partial charge in [-0.15, -0.1) is 0 Å². The maximum atomic E-state index is 13.9. The molecule has 102 valence electrons. The molecule has 1 aromatic rings. The first kappa shape index (κ1) is 15.5. The predicted molar refractivity (Wildman–Crippen MR) is 79.3 cm³/mol. The summed E-state index contributed by atoms with van der Waals surface area (Å²) in [6.07, 6.45) is 2.01. The van der Waals surface area contributed by atoms with Crippen LogP contribution < -0.4 is 5.73 Å². The van der Waals surface area contributed by atoms with Gasteiger partial charge >= 0.3 is 0 Å². The minimum absolute atomic E-state index is 0.0130. The van der Waals surface area contributed by atoms with Crippen LogP contribution in [0.4, 0.5) is 4.39 Å². The predicted octanol–water partition coefficient (Wildman–Crippen LogP) is 4.38. The molecule has 3 heteroatoms. The van der Waals surface area contributed by atoms with Crippen molar-refractivity contribution in [3.8, 4) is 0 Å². The average Bonchev–Trinajstić information content (AvgIpc) is 2.35. The SMILES string of the molecule is CCC(N)C(SCCC(C)C)c1ccccc1F. The van der Waals surface area contributed by atoms with E-state index < -0.39 is 0 Å². The molecule has 1 nitrogen and oxygen atoms in total. The Labute approximate surface area is 114 Å². The summed E-state index contributed by atoms with van der Waals surface area (Å²) in [7, 11) is 0. The van der Waals surface area contributed by atoms with Crippen molar-refractivity contribution in [1.29, 1.82) is 0 Å². The Morgan fingerprint density at radius 2 is 1.94 bits per heavy atom. The van der Waals surface area contributed by atoms with Gasteiger partial charge in [0, 0.05) is 16.9 Å². The lowest BCUT2D eigenvalue weighted by Crippen LogP contribution is -2.26. The van der Waals surface area contributed by atoms with Gasteiger partial charge in [0.2, 0.25) is 0 Å². The summed E-state index contributed by atoms with van der Waals surface area (Å²) in [6.45, 7) is 6.47. The first-order valence-electron chi connectivity index (χ1n) is 6.67. The smallest absolute Gasteiger partial charge is 0.127 e. The van der Waals surface area contributed by atoms with Gasteiger partial charge in [-0.05, 0) is 30.6 Å². The summed E-state index contributed by atoms with van der Waals surface area (Å²) in [4.78, 5) is 0.